The molecule has 0 saturated heterocycles. The maximum absolute atomic E-state index is 14.5. The summed E-state index contributed by atoms with van der Waals surface area (Å²) >= 11 is 0. The van der Waals surface area contributed by atoms with Gasteiger partial charge < -0.3 is 4.90 Å². The van der Waals surface area contributed by atoms with E-state index in [9.17, 15) is 22.0 Å². The van der Waals surface area contributed by atoms with Crippen LogP contribution in [-0.4, -0.2) is 18.3 Å². The molecule has 2 aromatic rings. The lowest BCUT2D eigenvalue weighted by Gasteiger charge is -2.45. The minimum Gasteiger partial charge on any atom is -0.359 e. The van der Waals surface area contributed by atoms with Crippen molar-refractivity contribution in [2.24, 2.45) is 0 Å². The first-order valence-electron chi connectivity index (χ1n) is 8.22. The van der Waals surface area contributed by atoms with E-state index < -0.39 is 29.8 Å². The van der Waals surface area contributed by atoms with Gasteiger partial charge in [-0.3, -0.25) is 0 Å². The first-order valence-corrected chi connectivity index (χ1v) is 8.22. The fourth-order valence-electron chi connectivity index (χ4n) is 3.55. The van der Waals surface area contributed by atoms with Gasteiger partial charge >= 0.3 is 6.18 Å². The van der Waals surface area contributed by atoms with E-state index in [2.05, 4.69) is 0 Å². The van der Waals surface area contributed by atoms with Crippen molar-refractivity contribution < 1.29 is 22.0 Å². The number of halogens is 5. The highest BCUT2D eigenvalue weighted by molar-refractivity contribution is 5.73. The Kier molecular flexibility index (Phi) is 4.78. The third kappa shape index (κ3) is 3.74. The summed E-state index contributed by atoms with van der Waals surface area (Å²) < 4.78 is 68.3. The molecule has 0 saturated carbocycles. The van der Waals surface area contributed by atoms with Crippen LogP contribution in [0.4, 0.5) is 27.6 Å². The van der Waals surface area contributed by atoms with Crippen LogP contribution in [0.2, 0.25) is 0 Å². The van der Waals surface area contributed by atoms with Gasteiger partial charge in [0.2, 0.25) is 0 Å². The first kappa shape index (κ1) is 18.4. The molecule has 1 nitrogen and oxygen atoms in total. The summed E-state index contributed by atoms with van der Waals surface area (Å²) in [5.41, 5.74) is -0.507. The lowest BCUT2D eigenvalue weighted by Crippen LogP contribution is -2.52. The predicted octanol–water partition coefficient (Wildman–Crippen LogP) is 5.75. The standard InChI is InChI=1S/C20H18F5N/c1-19(13-20(23,24)25,12-14-6-3-2-4-7-14)26-11-5-8-15-9-10-16(21)17(22)18(15)26/h2-10H,11-13H2,1H3. The molecule has 3 rings (SSSR count). The Balaban J connectivity index is 2.09. The Morgan fingerprint density at radius 3 is 2.35 bits per heavy atom. The van der Waals surface area contributed by atoms with Crippen LogP contribution < -0.4 is 4.90 Å². The summed E-state index contributed by atoms with van der Waals surface area (Å²) in [5.74, 6) is -2.19. The molecular formula is C20H18F5N. The molecular weight excluding hydrogens is 349 g/mol. The third-order valence-corrected chi connectivity index (χ3v) is 4.62. The minimum absolute atomic E-state index is 0.0522. The zero-order valence-corrected chi connectivity index (χ0v) is 14.2. The van der Waals surface area contributed by atoms with E-state index >= 15 is 0 Å². The number of hydrogen-bond acceptors (Lipinski definition) is 1. The van der Waals surface area contributed by atoms with Crippen LogP contribution in [0.5, 0.6) is 0 Å². The molecule has 0 aliphatic carbocycles. The summed E-state index contributed by atoms with van der Waals surface area (Å²) in [6, 6.07) is 11.1. The van der Waals surface area contributed by atoms with Crippen molar-refractivity contribution in [1.29, 1.82) is 0 Å². The van der Waals surface area contributed by atoms with Crippen molar-refractivity contribution in [3.8, 4) is 0 Å². The van der Waals surface area contributed by atoms with Crippen molar-refractivity contribution in [3.05, 3.63) is 71.3 Å². The molecule has 26 heavy (non-hydrogen) atoms. The molecule has 1 aliphatic heterocycles. The number of nitrogens with zero attached hydrogens (tertiary/aromatic N) is 1. The molecule has 1 aliphatic rings. The second-order valence-corrected chi connectivity index (χ2v) is 6.76. The van der Waals surface area contributed by atoms with Crippen LogP contribution in [-0.2, 0) is 6.42 Å². The Morgan fingerprint density at radius 1 is 1.00 bits per heavy atom. The molecule has 1 unspecified atom stereocenters. The van der Waals surface area contributed by atoms with Crippen LogP contribution in [0.1, 0.15) is 24.5 Å². The summed E-state index contributed by atoms with van der Waals surface area (Å²) in [6.07, 6.45) is -2.27. The van der Waals surface area contributed by atoms with Gasteiger partial charge in [0.05, 0.1) is 17.6 Å². The fraction of sp³-hybridized carbons (Fsp3) is 0.300. The van der Waals surface area contributed by atoms with Crippen molar-refractivity contribution in [1.82, 2.24) is 0 Å². The summed E-state index contributed by atoms with van der Waals surface area (Å²) in [7, 11) is 0. The van der Waals surface area contributed by atoms with E-state index in [-0.39, 0.29) is 18.7 Å². The molecule has 1 heterocycles. The molecule has 1 atom stereocenters. The maximum atomic E-state index is 14.5. The van der Waals surface area contributed by atoms with Gasteiger partial charge in [-0.2, -0.15) is 13.2 Å². The van der Waals surface area contributed by atoms with E-state index in [0.29, 0.717) is 11.1 Å². The Labute approximate surface area is 148 Å². The van der Waals surface area contributed by atoms with Gasteiger partial charge in [-0.15, -0.1) is 0 Å². The van der Waals surface area contributed by atoms with Crippen molar-refractivity contribution in [3.63, 3.8) is 0 Å². The average Bonchev–Trinajstić information content (AvgIpc) is 2.57. The second-order valence-electron chi connectivity index (χ2n) is 6.76. The number of alkyl halides is 3. The van der Waals surface area contributed by atoms with E-state index in [1.54, 1.807) is 42.5 Å². The highest BCUT2D eigenvalue weighted by Gasteiger charge is 2.44. The van der Waals surface area contributed by atoms with Gasteiger partial charge in [0.1, 0.15) is 0 Å². The maximum Gasteiger partial charge on any atom is 0.391 e. The monoisotopic (exact) mass is 367 g/mol. The first-order chi connectivity index (χ1) is 12.2. The van der Waals surface area contributed by atoms with Gasteiger partial charge in [0.15, 0.2) is 11.6 Å². The van der Waals surface area contributed by atoms with Gasteiger partial charge in [0, 0.05) is 12.1 Å². The normalized spacial score (nSPS) is 16.3. The van der Waals surface area contributed by atoms with Gasteiger partial charge in [-0.1, -0.05) is 42.5 Å². The Hall–Kier alpha value is -2.37. The molecule has 0 spiro atoms. The molecule has 138 valence electrons. The Bertz CT molecular complexity index is 813. The van der Waals surface area contributed by atoms with Gasteiger partial charge in [0.25, 0.3) is 0 Å². The third-order valence-electron chi connectivity index (χ3n) is 4.62. The fourth-order valence-corrected chi connectivity index (χ4v) is 3.55. The number of rotatable bonds is 4. The van der Waals surface area contributed by atoms with E-state index in [4.69, 9.17) is 0 Å². The molecule has 0 fully saturated rings. The molecule has 0 N–H and O–H groups in total. The number of hydrogen-bond donors (Lipinski definition) is 0. The van der Waals surface area contributed by atoms with Crippen LogP contribution in [0.3, 0.4) is 0 Å². The zero-order valence-electron chi connectivity index (χ0n) is 14.2. The van der Waals surface area contributed by atoms with Crippen molar-refractivity contribution in [2.75, 3.05) is 11.4 Å². The molecule has 0 amide bonds. The number of benzene rings is 2. The lowest BCUT2D eigenvalue weighted by molar-refractivity contribution is -0.146. The second kappa shape index (κ2) is 6.74. The van der Waals surface area contributed by atoms with Gasteiger partial charge in [-0.25, -0.2) is 8.78 Å². The predicted molar refractivity (Wildman–Crippen MR) is 92.0 cm³/mol. The van der Waals surface area contributed by atoms with Crippen molar-refractivity contribution >= 4 is 11.8 Å². The molecule has 0 bridgehead atoms. The SMILES string of the molecule is CC(Cc1ccccc1)(CC(F)(F)F)N1CC=Cc2ccc(F)c(F)c21. The lowest BCUT2D eigenvalue weighted by atomic mass is 9.85. The van der Waals surface area contributed by atoms with Crippen LogP contribution in [0.15, 0.2) is 48.5 Å². The smallest absolute Gasteiger partial charge is 0.359 e. The number of anilines is 1. The minimum atomic E-state index is -4.45. The van der Waals surface area contributed by atoms with E-state index in [1.165, 1.54) is 17.9 Å². The highest BCUT2D eigenvalue weighted by Crippen LogP contribution is 2.41. The summed E-state index contributed by atoms with van der Waals surface area (Å²) in [4.78, 5) is 1.33. The van der Waals surface area contributed by atoms with Crippen LogP contribution >= 0.6 is 0 Å². The van der Waals surface area contributed by atoms with Gasteiger partial charge in [-0.05, 0) is 31.0 Å². The molecule has 0 radical (unpaired) electrons. The van der Waals surface area contributed by atoms with Crippen molar-refractivity contribution in [2.45, 2.75) is 31.5 Å². The topological polar surface area (TPSA) is 3.24 Å². The summed E-state index contributed by atoms with van der Waals surface area (Å²) in [5, 5.41) is 0. The molecule has 2 aromatic carbocycles. The Morgan fingerprint density at radius 2 is 1.69 bits per heavy atom. The largest absolute Gasteiger partial charge is 0.391 e. The summed E-state index contributed by atoms with van der Waals surface area (Å²) in [6.45, 7) is 1.52. The number of fused-ring (bicyclic) bond motifs is 1. The highest BCUT2D eigenvalue weighted by atomic mass is 19.4. The molecule has 0 aromatic heterocycles. The molecule has 6 heteroatoms. The zero-order chi connectivity index (χ0) is 18.9. The quantitative estimate of drug-likeness (QED) is 0.622. The van der Waals surface area contributed by atoms with E-state index in [1.807, 2.05) is 0 Å². The van der Waals surface area contributed by atoms with E-state index in [0.717, 1.165) is 6.07 Å². The van der Waals surface area contributed by atoms with Crippen LogP contribution in [0.25, 0.3) is 6.08 Å². The average molecular weight is 367 g/mol. The van der Waals surface area contributed by atoms with Crippen LogP contribution in [0, 0.1) is 11.6 Å².